The van der Waals surface area contributed by atoms with Gasteiger partial charge in [-0.1, -0.05) is 19.1 Å². The summed E-state index contributed by atoms with van der Waals surface area (Å²) in [4.78, 5) is 11.0. The van der Waals surface area contributed by atoms with E-state index in [9.17, 15) is 9.18 Å². The van der Waals surface area contributed by atoms with Gasteiger partial charge in [0.1, 0.15) is 5.82 Å². The summed E-state index contributed by atoms with van der Waals surface area (Å²) in [6, 6.07) is 6.47. The molecule has 0 aromatic heterocycles. The molecule has 0 aliphatic rings. The number of methoxy groups -OCH3 is 1. The van der Waals surface area contributed by atoms with E-state index in [1.165, 1.54) is 19.2 Å². The van der Waals surface area contributed by atoms with Gasteiger partial charge in [-0.05, 0) is 36.5 Å². The highest BCUT2D eigenvalue weighted by Crippen LogP contribution is 2.13. The lowest BCUT2D eigenvalue weighted by molar-refractivity contribution is -0.141. The van der Waals surface area contributed by atoms with Gasteiger partial charge in [0, 0.05) is 6.42 Å². The maximum Gasteiger partial charge on any atom is 0.305 e. The first-order valence-corrected chi connectivity index (χ1v) is 5.43. The lowest BCUT2D eigenvalue weighted by atomic mass is 9.98. The normalized spacial score (nSPS) is 12.2. The summed E-state index contributed by atoms with van der Waals surface area (Å²) in [6.45, 7) is 2.01. The third kappa shape index (κ3) is 4.43. The largest absolute Gasteiger partial charge is 0.469 e. The molecule has 88 valence electrons. The van der Waals surface area contributed by atoms with Crippen LogP contribution in [0.2, 0.25) is 0 Å². The molecular formula is C13H17FO2. The molecule has 0 heterocycles. The number of hydrogen-bond donors (Lipinski definition) is 0. The highest BCUT2D eigenvalue weighted by Gasteiger charge is 2.09. The van der Waals surface area contributed by atoms with Gasteiger partial charge in [0.25, 0.3) is 0 Å². The maximum atomic E-state index is 12.6. The first-order valence-electron chi connectivity index (χ1n) is 5.43. The first kappa shape index (κ1) is 12.7. The lowest BCUT2D eigenvalue weighted by Gasteiger charge is -2.09. The zero-order valence-electron chi connectivity index (χ0n) is 9.70. The van der Waals surface area contributed by atoms with Crippen molar-refractivity contribution in [3.05, 3.63) is 35.6 Å². The zero-order valence-corrected chi connectivity index (χ0v) is 9.70. The number of ether oxygens (including phenoxy) is 1. The molecule has 0 fully saturated rings. The number of benzene rings is 1. The van der Waals surface area contributed by atoms with Crippen LogP contribution in [-0.4, -0.2) is 13.1 Å². The highest BCUT2D eigenvalue weighted by atomic mass is 19.1. The van der Waals surface area contributed by atoms with Crippen LogP contribution in [0.15, 0.2) is 24.3 Å². The van der Waals surface area contributed by atoms with Crippen LogP contribution in [0, 0.1) is 11.7 Å². The number of rotatable bonds is 5. The van der Waals surface area contributed by atoms with E-state index in [2.05, 4.69) is 4.74 Å². The van der Waals surface area contributed by atoms with E-state index in [1.54, 1.807) is 12.1 Å². The van der Waals surface area contributed by atoms with Crippen molar-refractivity contribution >= 4 is 5.97 Å². The smallest absolute Gasteiger partial charge is 0.305 e. The first-order chi connectivity index (χ1) is 7.61. The minimum Gasteiger partial charge on any atom is -0.469 e. The molecule has 0 spiro atoms. The fourth-order valence-electron chi connectivity index (χ4n) is 1.53. The zero-order chi connectivity index (χ0) is 12.0. The van der Waals surface area contributed by atoms with E-state index in [0.717, 1.165) is 18.4 Å². The van der Waals surface area contributed by atoms with E-state index in [1.807, 2.05) is 6.92 Å². The van der Waals surface area contributed by atoms with Crippen LogP contribution in [0.25, 0.3) is 0 Å². The number of hydrogen-bond acceptors (Lipinski definition) is 2. The predicted molar refractivity (Wildman–Crippen MR) is 60.5 cm³/mol. The summed E-state index contributed by atoms with van der Waals surface area (Å²) in [5.74, 6) is -0.101. The Morgan fingerprint density at radius 3 is 2.56 bits per heavy atom. The van der Waals surface area contributed by atoms with Crippen molar-refractivity contribution in [1.29, 1.82) is 0 Å². The second kappa shape index (κ2) is 6.26. The van der Waals surface area contributed by atoms with E-state index >= 15 is 0 Å². The Morgan fingerprint density at radius 2 is 2.00 bits per heavy atom. The molecule has 1 unspecified atom stereocenters. The molecule has 0 saturated carbocycles. The molecule has 0 amide bonds. The third-order valence-electron chi connectivity index (χ3n) is 2.58. The topological polar surface area (TPSA) is 26.3 Å². The van der Waals surface area contributed by atoms with E-state index in [4.69, 9.17) is 0 Å². The van der Waals surface area contributed by atoms with Crippen LogP contribution in [-0.2, 0) is 16.0 Å². The van der Waals surface area contributed by atoms with Crippen LogP contribution < -0.4 is 0 Å². The Hall–Kier alpha value is -1.38. The Kier molecular flexibility index (Phi) is 4.96. The number of carbonyl (C=O) groups is 1. The van der Waals surface area contributed by atoms with Gasteiger partial charge in [0.05, 0.1) is 7.11 Å². The van der Waals surface area contributed by atoms with Crippen molar-refractivity contribution in [1.82, 2.24) is 0 Å². The fraction of sp³-hybridized carbons (Fsp3) is 0.462. The SMILES string of the molecule is COC(=O)CC(C)CCc1ccc(F)cc1. The van der Waals surface area contributed by atoms with Gasteiger partial charge >= 0.3 is 5.97 Å². The van der Waals surface area contributed by atoms with Crippen LogP contribution in [0.1, 0.15) is 25.3 Å². The van der Waals surface area contributed by atoms with Gasteiger partial charge < -0.3 is 4.74 Å². The molecule has 1 aromatic rings. The molecule has 1 aromatic carbocycles. The summed E-state index contributed by atoms with van der Waals surface area (Å²) < 4.78 is 17.2. The molecule has 0 aliphatic carbocycles. The standard InChI is InChI=1S/C13H17FO2/c1-10(9-13(15)16-2)3-4-11-5-7-12(14)8-6-11/h5-8,10H,3-4,9H2,1-2H3. The predicted octanol–water partition coefficient (Wildman–Crippen LogP) is 2.96. The molecule has 3 heteroatoms. The maximum absolute atomic E-state index is 12.6. The summed E-state index contributed by atoms with van der Waals surface area (Å²) in [5.41, 5.74) is 1.10. The minimum absolute atomic E-state index is 0.174. The lowest BCUT2D eigenvalue weighted by Crippen LogP contribution is -2.07. The van der Waals surface area contributed by atoms with Gasteiger partial charge in [-0.3, -0.25) is 4.79 Å². The summed E-state index contributed by atoms with van der Waals surface area (Å²) in [6.07, 6.45) is 2.21. The Bertz CT molecular complexity index is 332. The van der Waals surface area contributed by atoms with Crippen molar-refractivity contribution in [3.63, 3.8) is 0 Å². The molecular weight excluding hydrogens is 207 g/mol. The molecule has 0 saturated heterocycles. The van der Waals surface area contributed by atoms with Crippen LogP contribution in [0.3, 0.4) is 0 Å². The number of aryl methyl sites for hydroxylation is 1. The average Bonchev–Trinajstić information content (AvgIpc) is 2.28. The van der Waals surface area contributed by atoms with Gasteiger partial charge in [0.2, 0.25) is 0 Å². The van der Waals surface area contributed by atoms with E-state index in [-0.39, 0.29) is 17.7 Å². The number of halogens is 1. The van der Waals surface area contributed by atoms with Crippen LogP contribution >= 0.6 is 0 Å². The van der Waals surface area contributed by atoms with E-state index < -0.39 is 0 Å². The third-order valence-corrected chi connectivity index (χ3v) is 2.58. The molecule has 2 nitrogen and oxygen atoms in total. The summed E-state index contributed by atoms with van der Waals surface area (Å²) in [5, 5.41) is 0. The quantitative estimate of drug-likeness (QED) is 0.719. The van der Waals surface area contributed by atoms with Crippen molar-refractivity contribution in [2.24, 2.45) is 5.92 Å². The highest BCUT2D eigenvalue weighted by molar-refractivity contribution is 5.69. The fourth-order valence-corrected chi connectivity index (χ4v) is 1.53. The number of carbonyl (C=O) groups excluding carboxylic acids is 1. The Labute approximate surface area is 95.4 Å². The van der Waals surface area contributed by atoms with E-state index in [0.29, 0.717) is 6.42 Å². The average molecular weight is 224 g/mol. The molecule has 0 N–H and O–H groups in total. The van der Waals surface area contributed by atoms with Gasteiger partial charge in [-0.25, -0.2) is 4.39 Å². The minimum atomic E-state index is -0.216. The number of esters is 1. The summed E-state index contributed by atoms with van der Waals surface area (Å²) >= 11 is 0. The van der Waals surface area contributed by atoms with Gasteiger partial charge in [0.15, 0.2) is 0 Å². The Morgan fingerprint density at radius 1 is 1.38 bits per heavy atom. The second-order valence-corrected chi connectivity index (χ2v) is 4.05. The van der Waals surface area contributed by atoms with Crippen LogP contribution in [0.5, 0.6) is 0 Å². The van der Waals surface area contributed by atoms with Crippen molar-refractivity contribution < 1.29 is 13.9 Å². The molecule has 1 rings (SSSR count). The molecule has 16 heavy (non-hydrogen) atoms. The second-order valence-electron chi connectivity index (χ2n) is 4.05. The van der Waals surface area contributed by atoms with Crippen molar-refractivity contribution in [2.75, 3.05) is 7.11 Å². The molecule has 1 atom stereocenters. The Balaban J connectivity index is 2.34. The molecule has 0 aliphatic heterocycles. The summed E-state index contributed by atoms with van der Waals surface area (Å²) in [7, 11) is 1.40. The van der Waals surface area contributed by atoms with Crippen LogP contribution in [0.4, 0.5) is 4.39 Å². The van der Waals surface area contributed by atoms with Gasteiger partial charge in [-0.15, -0.1) is 0 Å². The van der Waals surface area contributed by atoms with Gasteiger partial charge in [-0.2, -0.15) is 0 Å². The molecule has 0 radical (unpaired) electrons. The van der Waals surface area contributed by atoms with Crippen molar-refractivity contribution in [2.45, 2.75) is 26.2 Å². The van der Waals surface area contributed by atoms with Crippen molar-refractivity contribution in [3.8, 4) is 0 Å². The molecule has 0 bridgehead atoms. The monoisotopic (exact) mass is 224 g/mol.